The molecule has 0 bridgehead atoms. The lowest BCUT2D eigenvalue weighted by atomic mass is 10.2. The molecule has 0 saturated heterocycles. The fourth-order valence-corrected chi connectivity index (χ4v) is 1.78. The van der Waals surface area contributed by atoms with E-state index in [1.165, 1.54) is 6.08 Å². The highest BCUT2D eigenvalue weighted by atomic mass is 35.5. The number of carbonyl (C=O) groups excluding carboxylic acids is 1. The van der Waals surface area contributed by atoms with Gasteiger partial charge in [0.1, 0.15) is 5.15 Å². The van der Waals surface area contributed by atoms with Gasteiger partial charge >= 0.3 is 0 Å². The second kappa shape index (κ2) is 6.45. The minimum atomic E-state index is -0.151. The zero-order valence-electron chi connectivity index (χ0n) is 10.5. The van der Waals surface area contributed by atoms with E-state index in [2.05, 4.69) is 17.3 Å². The summed E-state index contributed by atoms with van der Waals surface area (Å²) in [6.07, 6.45) is 5.30. The molecule has 1 aromatic heterocycles. The molecule has 0 aliphatic rings. The molecule has 1 rings (SSSR count). The first kappa shape index (κ1) is 13.8. The van der Waals surface area contributed by atoms with Gasteiger partial charge in [-0.1, -0.05) is 24.9 Å². The number of unbranched alkanes of at least 4 members (excludes halogenated alkanes) is 1. The van der Waals surface area contributed by atoms with Crippen molar-refractivity contribution in [1.82, 2.24) is 15.1 Å². The lowest BCUT2D eigenvalue weighted by molar-refractivity contribution is -0.115. The third-order valence-electron chi connectivity index (χ3n) is 2.48. The molecule has 0 radical (unpaired) electrons. The van der Waals surface area contributed by atoms with Gasteiger partial charge in [-0.05, 0) is 19.4 Å². The van der Waals surface area contributed by atoms with Gasteiger partial charge in [0.2, 0.25) is 5.91 Å². The van der Waals surface area contributed by atoms with Crippen molar-refractivity contribution in [3.8, 4) is 0 Å². The maximum Gasteiger partial charge on any atom is 0.243 e. The summed E-state index contributed by atoms with van der Waals surface area (Å²) in [6, 6.07) is 0. The van der Waals surface area contributed by atoms with Crippen molar-refractivity contribution >= 4 is 23.6 Å². The molecule has 5 heteroatoms. The van der Waals surface area contributed by atoms with E-state index >= 15 is 0 Å². The molecule has 0 saturated carbocycles. The Labute approximate surface area is 107 Å². The minimum Gasteiger partial charge on any atom is -0.356 e. The summed E-state index contributed by atoms with van der Waals surface area (Å²) in [5.41, 5.74) is 1.65. The van der Waals surface area contributed by atoms with Crippen LogP contribution in [0.2, 0.25) is 5.15 Å². The van der Waals surface area contributed by atoms with Crippen LogP contribution in [-0.2, 0) is 11.3 Å². The third kappa shape index (κ3) is 3.60. The monoisotopic (exact) mass is 255 g/mol. The maximum absolute atomic E-state index is 11.1. The lowest BCUT2D eigenvalue weighted by Crippen LogP contribution is -2.13. The highest BCUT2D eigenvalue weighted by molar-refractivity contribution is 6.31. The SMILES string of the molecule is CCCCn1nc(C)c(/C=C/C(=O)NC)c1Cl. The first-order chi connectivity index (χ1) is 8.10. The largest absolute Gasteiger partial charge is 0.356 e. The molecular formula is C12H18ClN3O. The molecule has 0 spiro atoms. The van der Waals surface area contributed by atoms with Gasteiger partial charge in [0.05, 0.1) is 5.69 Å². The molecule has 94 valence electrons. The van der Waals surface area contributed by atoms with Gasteiger partial charge in [-0.3, -0.25) is 9.48 Å². The van der Waals surface area contributed by atoms with Crippen LogP contribution in [0.4, 0.5) is 0 Å². The smallest absolute Gasteiger partial charge is 0.243 e. The highest BCUT2D eigenvalue weighted by Gasteiger charge is 2.10. The highest BCUT2D eigenvalue weighted by Crippen LogP contribution is 2.21. The molecule has 0 unspecified atom stereocenters. The summed E-state index contributed by atoms with van der Waals surface area (Å²) in [7, 11) is 1.59. The number of hydrogen-bond donors (Lipinski definition) is 1. The second-order valence-corrected chi connectivity index (χ2v) is 4.17. The Balaban J connectivity index is 2.89. The van der Waals surface area contributed by atoms with Crippen molar-refractivity contribution in [3.63, 3.8) is 0 Å². The van der Waals surface area contributed by atoms with Crippen molar-refractivity contribution in [2.45, 2.75) is 33.2 Å². The topological polar surface area (TPSA) is 46.9 Å². The first-order valence-corrected chi connectivity index (χ1v) is 6.10. The van der Waals surface area contributed by atoms with Crippen molar-refractivity contribution in [3.05, 3.63) is 22.5 Å². The van der Waals surface area contributed by atoms with Gasteiger partial charge in [0, 0.05) is 25.2 Å². The quantitative estimate of drug-likeness (QED) is 0.822. The molecular weight excluding hydrogens is 238 g/mol. The van der Waals surface area contributed by atoms with E-state index in [-0.39, 0.29) is 5.91 Å². The van der Waals surface area contributed by atoms with Gasteiger partial charge in [0.25, 0.3) is 0 Å². The number of nitrogens with zero attached hydrogens (tertiary/aromatic N) is 2. The second-order valence-electron chi connectivity index (χ2n) is 3.81. The van der Waals surface area contributed by atoms with Crippen molar-refractivity contribution in [1.29, 1.82) is 0 Å². The molecule has 0 atom stereocenters. The van der Waals surface area contributed by atoms with E-state index in [1.807, 2.05) is 6.92 Å². The Hall–Kier alpha value is -1.29. The molecule has 1 amide bonds. The standard InChI is InChI=1S/C12H18ClN3O/c1-4-5-8-16-12(13)10(9(2)15-16)6-7-11(17)14-3/h6-7H,4-5,8H2,1-3H3,(H,14,17)/b7-6+. The fraction of sp³-hybridized carbons (Fsp3) is 0.500. The Morgan fingerprint density at radius 1 is 1.59 bits per heavy atom. The van der Waals surface area contributed by atoms with Gasteiger partial charge in [-0.25, -0.2) is 0 Å². The summed E-state index contributed by atoms with van der Waals surface area (Å²) in [6.45, 7) is 4.82. The number of aromatic nitrogens is 2. The molecule has 1 heterocycles. The Bertz CT molecular complexity index is 424. The summed E-state index contributed by atoms with van der Waals surface area (Å²) in [4.78, 5) is 11.1. The Kier molecular flexibility index (Phi) is 5.22. The number of amides is 1. The minimum absolute atomic E-state index is 0.151. The van der Waals surface area contributed by atoms with Crippen LogP contribution in [0, 0.1) is 6.92 Å². The molecule has 4 nitrogen and oxygen atoms in total. The van der Waals surface area contributed by atoms with Gasteiger partial charge in [-0.15, -0.1) is 0 Å². The Morgan fingerprint density at radius 3 is 2.88 bits per heavy atom. The van der Waals surface area contributed by atoms with E-state index in [1.54, 1.807) is 17.8 Å². The van der Waals surface area contributed by atoms with Crippen LogP contribution in [-0.4, -0.2) is 22.7 Å². The zero-order valence-corrected chi connectivity index (χ0v) is 11.2. The normalized spacial score (nSPS) is 11.1. The van der Waals surface area contributed by atoms with Crippen LogP contribution in [0.15, 0.2) is 6.08 Å². The van der Waals surface area contributed by atoms with E-state index in [4.69, 9.17) is 11.6 Å². The van der Waals surface area contributed by atoms with Crippen LogP contribution < -0.4 is 5.32 Å². The van der Waals surface area contributed by atoms with Crippen molar-refractivity contribution in [2.75, 3.05) is 7.05 Å². The van der Waals surface area contributed by atoms with Gasteiger partial charge < -0.3 is 5.32 Å². The van der Waals surface area contributed by atoms with Gasteiger partial charge in [-0.2, -0.15) is 5.10 Å². The number of nitrogens with one attached hydrogen (secondary N) is 1. The first-order valence-electron chi connectivity index (χ1n) is 5.72. The molecule has 0 aliphatic heterocycles. The van der Waals surface area contributed by atoms with E-state index in [0.29, 0.717) is 5.15 Å². The van der Waals surface area contributed by atoms with E-state index in [0.717, 1.165) is 30.6 Å². The zero-order chi connectivity index (χ0) is 12.8. The summed E-state index contributed by atoms with van der Waals surface area (Å²) in [5.74, 6) is -0.151. The number of carbonyl (C=O) groups is 1. The average molecular weight is 256 g/mol. The predicted molar refractivity (Wildman–Crippen MR) is 70.0 cm³/mol. The van der Waals surface area contributed by atoms with E-state index in [9.17, 15) is 4.79 Å². The van der Waals surface area contributed by atoms with Crippen LogP contribution in [0.3, 0.4) is 0 Å². The Morgan fingerprint density at radius 2 is 2.29 bits per heavy atom. The average Bonchev–Trinajstić information content (AvgIpc) is 2.59. The number of halogens is 1. The number of aryl methyl sites for hydroxylation is 2. The molecule has 0 fully saturated rings. The molecule has 1 N–H and O–H groups in total. The maximum atomic E-state index is 11.1. The van der Waals surface area contributed by atoms with E-state index < -0.39 is 0 Å². The summed E-state index contributed by atoms with van der Waals surface area (Å²) in [5, 5.41) is 7.47. The summed E-state index contributed by atoms with van der Waals surface area (Å²) >= 11 is 6.21. The lowest BCUT2D eigenvalue weighted by Gasteiger charge is -2.00. The molecule has 0 aromatic carbocycles. The van der Waals surface area contributed by atoms with Crippen LogP contribution >= 0.6 is 11.6 Å². The third-order valence-corrected chi connectivity index (χ3v) is 2.88. The number of rotatable bonds is 5. The molecule has 1 aromatic rings. The van der Waals surface area contributed by atoms with Crippen LogP contribution in [0.5, 0.6) is 0 Å². The number of hydrogen-bond acceptors (Lipinski definition) is 2. The van der Waals surface area contributed by atoms with Crippen molar-refractivity contribution in [2.24, 2.45) is 0 Å². The molecule has 0 aliphatic carbocycles. The predicted octanol–water partition coefficient (Wildman–Crippen LogP) is 2.40. The van der Waals surface area contributed by atoms with Crippen molar-refractivity contribution < 1.29 is 4.79 Å². The fourth-order valence-electron chi connectivity index (χ4n) is 1.45. The molecule has 17 heavy (non-hydrogen) atoms. The number of likely N-dealkylation sites (N-methyl/N-ethyl adjacent to an activating group) is 1. The van der Waals surface area contributed by atoms with Gasteiger partial charge in [0.15, 0.2) is 0 Å². The summed E-state index contributed by atoms with van der Waals surface area (Å²) < 4.78 is 1.78. The van der Waals surface area contributed by atoms with Crippen LogP contribution in [0.1, 0.15) is 31.0 Å². The van der Waals surface area contributed by atoms with Crippen LogP contribution in [0.25, 0.3) is 6.08 Å².